The number of rotatable bonds is 6. The van der Waals surface area contributed by atoms with Gasteiger partial charge in [0.05, 0.1) is 12.1 Å². The molecule has 0 amide bonds. The van der Waals surface area contributed by atoms with E-state index in [2.05, 4.69) is 25.2 Å². The van der Waals surface area contributed by atoms with Crippen LogP contribution in [0.5, 0.6) is 5.75 Å². The number of hydrogen-bond donors (Lipinski definition) is 1. The van der Waals surface area contributed by atoms with Crippen LogP contribution < -0.4 is 10.1 Å². The highest BCUT2D eigenvalue weighted by Gasteiger charge is 2.16. The molecule has 0 bridgehead atoms. The van der Waals surface area contributed by atoms with Crippen molar-refractivity contribution in [2.75, 3.05) is 13.7 Å². The van der Waals surface area contributed by atoms with Gasteiger partial charge in [0.2, 0.25) is 0 Å². The molecule has 0 heterocycles. The second-order valence-corrected chi connectivity index (χ2v) is 6.17. The van der Waals surface area contributed by atoms with Crippen molar-refractivity contribution in [3.8, 4) is 5.75 Å². The molecule has 1 unspecified atom stereocenters. The predicted molar refractivity (Wildman–Crippen MR) is 90.7 cm³/mol. The van der Waals surface area contributed by atoms with Gasteiger partial charge in [0.25, 0.3) is 0 Å². The molecule has 112 valence electrons. The zero-order valence-corrected chi connectivity index (χ0v) is 14.1. The largest absolute Gasteiger partial charge is 0.496 e. The third-order valence-corrected chi connectivity index (χ3v) is 4.84. The smallest absolute Gasteiger partial charge is 0.124 e. The molecule has 0 aliphatic heterocycles. The van der Waals surface area contributed by atoms with Gasteiger partial charge in [0.15, 0.2) is 0 Å². The standard InChI is InChI=1S/C17H20ClNOS/c1-4-19-12(2)17-14(20-3)9-7-11-16(17)21-15-10-6-5-8-13(15)18/h5-12,19H,4H2,1-3H3. The summed E-state index contributed by atoms with van der Waals surface area (Å²) < 4.78 is 5.54. The summed E-state index contributed by atoms with van der Waals surface area (Å²) in [6.07, 6.45) is 0. The molecule has 0 fully saturated rings. The van der Waals surface area contributed by atoms with Gasteiger partial charge in [-0.15, -0.1) is 0 Å². The number of nitrogens with one attached hydrogen (secondary N) is 1. The molecule has 1 N–H and O–H groups in total. The molecule has 2 aromatic rings. The first-order valence-electron chi connectivity index (χ1n) is 7.00. The topological polar surface area (TPSA) is 21.3 Å². The summed E-state index contributed by atoms with van der Waals surface area (Å²) in [7, 11) is 1.71. The summed E-state index contributed by atoms with van der Waals surface area (Å²) in [6.45, 7) is 5.17. The van der Waals surface area contributed by atoms with Gasteiger partial charge >= 0.3 is 0 Å². The van der Waals surface area contributed by atoms with Gasteiger partial charge < -0.3 is 10.1 Å². The summed E-state index contributed by atoms with van der Waals surface area (Å²) in [5.41, 5.74) is 1.17. The van der Waals surface area contributed by atoms with Crippen LogP contribution in [0, 0.1) is 0 Å². The highest BCUT2D eigenvalue weighted by Crippen LogP contribution is 2.40. The Morgan fingerprint density at radius 2 is 1.86 bits per heavy atom. The van der Waals surface area contributed by atoms with Crippen LogP contribution >= 0.6 is 23.4 Å². The fourth-order valence-electron chi connectivity index (χ4n) is 2.27. The molecule has 1 atom stereocenters. The van der Waals surface area contributed by atoms with Crippen molar-refractivity contribution in [3.63, 3.8) is 0 Å². The van der Waals surface area contributed by atoms with E-state index in [1.165, 1.54) is 5.56 Å². The van der Waals surface area contributed by atoms with Crippen LogP contribution in [0.3, 0.4) is 0 Å². The fraction of sp³-hybridized carbons (Fsp3) is 0.294. The highest BCUT2D eigenvalue weighted by molar-refractivity contribution is 7.99. The molecule has 0 aliphatic rings. The monoisotopic (exact) mass is 321 g/mol. The molecule has 0 saturated heterocycles. The second kappa shape index (κ2) is 7.74. The van der Waals surface area contributed by atoms with E-state index in [-0.39, 0.29) is 6.04 Å². The maximum Gasteiger partial charge on any atom is 0.124 e. The van der Waals surface area contributed by atoms with Crippen molar-refractivity contribution in [1.82, 2.24) is 5.32 Å². The SMILES string of the molecule is CCNC(C)c1c(OC)cccc1Sc1ccccc1Cl. The van der Waals surface area contributed by atoms with E-state index >= 15 is 0 Å². The third kappa shape index (κ3) is 3.94. The zero-order chi connectivity index (χ0) is 15.2. The van der Waals surface area contributed by atoms with Crippen LogP contribution in [0.25, 0.3) is 0 Å². The van der Waals surface area contributed by atoms with Gasteiger partial charge in [-0.25, -0.2) is 0 Å². The molecule has 0 spiro atoms. The number of hydrogen-bond acceptors (Lipinski definition) is 3. The van der Waals surface area contributed by atoms with Crippen LogP contribution in [-0.4, -0.2) is 13.7 Å². The van der Waals surface area contributed by atoms with Gasteiger partial charge in [0, 0.05) is 21.4 Å². The fourth-order valence-corrected chi connectivity index (χ4v) is 3.61. The minimum atomic E-state index is 0.219. The van der Waals surface area contributed by atoms with Crippen molar-refractivity contribution in [1.29, 1.82) is 0 Å². The molecule has 0 radical (unpaired) electrons. The lowest BCUT2D eigenvalue weighted by Crippen LogP contribution is -2.19. The quantitative estimate of drug-likeness (QED) is 0.793. The number of benzene rings is 2. The lowest BCUT2D eigenvalue weighted by Gasteiger charge is -2.20. The number of halogens is 1. The minimum Gasteiger partial charge on any atom is -0.496 e. The Morgan fingerprint density at radius 1 is 1.14 bits per heavy atom. The first-order valence-corrected chi connectivity index (χ1v) is 8.19. The van der Waals surface area contributed by atoms with E-state index in [1.54, 1.807) is 18.9 Å². The van der Waals surface area contributed by atoms with E-state index in [4.69, 9.17) is 16.3 Å². The third-order valence-electron chi connectivity index (χ3n) is 3.25. The lowest BCUT2D eigenvalue weighted by atomic mass is 10.1. The van der Waals surface area contributed by atoms with Crippen molar-refractivity contribution in [2.45, 2.75) is 29.7 Å². The predicted octanol–water partition coefficient (Wildman–Crippen LogP) is 5.17. The molecule has 0 aliphatic carbocycles. The van der Waals surface area contributed by atoms with E-state index in [1.807, 2.05) is 36.4 Å². The van der Waals surface area contributed by atoms with Gasteiger partial charge in [-0.2, -0.15) is 0 Å². The van der Waals surface area contributed by atoms with Crippen LogP contribution in [-0.2, 0) is 0 Å². The van der Waals surface area contributed by atoms with Gasteiger partial charge in [-0.1, -0.05) is 48.5 Å². The summed E-state index contributed by atoms with van der Waals surface area (Å²) in [5.74, 6) is 0.903. The van der Waals surface area contributed by atoms with Crippen molar-refractivity contribution < 1.29 is 4.74 Å². The van der Waals surface area contributed by atoms with Crippen LogP contribution in [0.1, 0.15) is 25.5 Å². The molecule has 2 nitrogen and oxygen atoms in total. The molecule has 0 aromatic heterocycles. The molecule has 2 aromatic carbocycles. The Bertz CT molecular complexity index is 603. The first-order chi connectivity index (χ1) is 10.2. The molecular formula is C17H20ClNOS. The Morgan fingerprint density at radius 3 is 2.52 bits per heavy atom. The molecule has 0 saturated carbocycles. The van der Waals surface area contributed by atoms with Crippen molar-refractivity contribution >= 4 is 23.4 Å². The Labute approximate surface area is 135 Å². The molecule has 4 heteroatoms. The summed E-state index contributed by atoms with van der Waals surface area (Å²) in [4.78, 5) is 2.22. The van der Waals surface area contributed by atoms with Crippen molar-refractivity contribution in [3.05, 3.63) is 53.1 Å². The average molecular weight is 322 g/mol. The Balaban J connectivity index is 2.41. The van der Waals surface area contributed by atoms with Gasteiger partial charge in [-0.3, -0.25) is 0 Å². The normalized spacial score (nSPS) is 12.2. The van der Waals surface area contributed by atoms with E-state index in [9.17, 15) is 0 Å². The van der Waals surface area contributed by atoms with Crippen molar-refractivity contribution in [2.24, 2.45) is 0 Å². The van der Waals surface area contributed by atoms with Crippen LogP contribution in [0.15, 0.2) is 52.3 Å². The van der Waals surface area contributed by atoms with Gasteiger partial charge in [-0.05, 0) is 37.7 Å². The van der Waals surface area contributed by atoms with Gasteiger partial charge in [0.1, 0.15) is 5.75 Å². The highest BCUT2D eigenvalue weighted by atomic mass is 35.5. The zero-order valence-electron chi connectivity index (χ0n) is 12.5. The summed E-state index contributed by atoms with van der Waals surface area (Å²) >= 11 is 7.95. The number of ether oxygens (including phenoxy) is 1. The molecule has 21 heavy (non-hydrogen) atoms. The van der Waals surface area contributed by atoms with E-state index in [0.29, 0.717) is 0 Å². The maximum absolute atomic E-state index is 6.27. The number of methoxy groups -OCH3 is 1. The van der Waals surface area contributed by atoms with E-state index in [0.717, 1.165) is 27.1 Å². The van der Waals surface area contributed by atoms with E-state index < -0.39 is 0 Å². The second-order valence-electron chi connectivity index (χ2n) is 4.68. The van der Waals surface area contributed by atoms with Crippen LogP contribution in [0.4, 0.5) is 0 Å². The first kappa shape index (κ1) is 16.2. The Hall–Kier alpha value is -1.16. The molecule has 2 rings (SSSR count). The van der Waals surface area contributed by atoms with Crippen LogP contribution in [0.2, 0.25) is 5.02 Å². The minimum absolute atomic E-state index is 0.219. The maximum atomic E-state index is 6.27. The Kier molecular flexibility index (Phi) is 5.97. The average Bonchev–Trinajstić information content (AvgIpc) is 2.49. The summed E-state index contributed by atoms with van der Waals surface area (Å²) in [5, 5.41) is 4.22. The lowest BCUT2D eigenvalue weighted by molar-refractivity contribution is 0.400. The molecular weight excluding hydrogens is 302 g/mol. The summed E-state index contributed by atoms with van der Waals surface area (Å²) in [6, 6.07) is 14.2.